The number of hydrogen-bond donors (Lipinski definition) is 3. The van der Waals surface area contributed by atoms with Gasteiger partial charge in [0.05, 0.1) is 6.61 Å². The summed E-state index contributed by atoms with van der Waals surface area (Å²) in [7, 11) is 0. The average molecular weight is 204 g/mol. The zero-order valence-electron chi connectivity index (χ0n) is 8.27. The van der Waals surface area contributed by atoms with Gasteiger partial charge in [-0.2, -0.15) is 0 Å². The second-order valence-electron chi connectivity index (χ2n) is 3.41. The summed E-state index contributed by atoms with van der Waals surface area (Å²) in [4.78, 5) is 21.5. The van der Waals surface area contributed by atoms with Gasteiger partial charge in [-0.25, -0.2) is 0 Å². The van der Waals surface area contributed by atoms with Crippen molar-refractivity contribution < 1.29 is 19.4 Å². The Morgan fingerprint density at radius 3 is 2.14 bits per heavy atom. The van der Waals surface area contributed by atoms with Crippen molar-refractivity contribution in [3.63, 3.8) is 0 Å². The fraction of sp³-hybridized carbons (Fsp3) is 0.750. The molecule has 0 radical (unpaired) electrons. The highest BCUT2D eigenvalue weighted by Gasteiger charge is 2.28. The van der Waals surface area contributed by atoms with Gasteiger partial charge in [0.1, 0.15) is 12.1 Å². The van der Waals surface area contributed by atoms with Gasteiger partial charge in [0.2, 0.25) is 0 Å². The van der Waals surface area contributed by atoms with Crippen LogP contribution in [0.5, 0.6) is 0 Å². The van der Waals surface area contributed by atoms with Crippen LogP contribution in [0, 0.1) is 5.92 Å². The molecule has 14 heavy (non-hydrogen) atoms. The van der Waals surface area contributed by atoms with E-state index in [9.17, 15) is 9.59 Å². The van der Waals surface area contributed by atoms with Crippen LogP contribution in [0.15, 0.2) is 0 Å². The number of rotatable bonds is 5. The Morgan fingerprint density at radius 2 is 1.79 bits per heavy atom. The van der Waals surface area contributed by atoms with Crippen LogP contribution >= 0.6 is 0 Å². The lowest BCUT2D eigenvalue weighted by Gasteiger charge is -2.15. The third-order valence-electron chi connectivity index (χ3n) is 1.50. The van der Waals surface area contributed by atoms with E-state index in [1.165, 1.54) is 0 Å². The smallest absolute Gasteiger partial charge is 0.325 e. The number of aliphatic carboxylic acids is 1. The van der Waals surface area contributed by atoms with Gasteiger partial charge < -0.3 is 21.3 Å². The fourth-order valence-corrected chi connectivity index (χ4v) is 0.645. The summed E-state index contributed by atoms with van der Waals surface area (Å²) in [5.41, 5.74) is 10.4. The van der Waals surface area contributed by atoms with Crippen molar-refractivity contribution in [3.05, 3.63) is 0 Å². The van der Waals surface area contributed by atoms with Crippen LogP contribution in [0.3, 0.4) is 0 Å². The largest absolute Gasteiger partial charge is 0.480 e. The van der Waals surface area contributed by atoms with Gasteiger partial charge in [-0.15, -0.1) is 0 Å². The molecule has 0 saturated carbocycles. The zero-order chi connectivity index (χ0) is 11.3. The highest BCUT2D eigenvalue weighted by atomic mass is 16.5. The normalized spacial score (nSPS) is 14.9. The first-order valence-electron chi connectivity index (χ1n) is 4.26. The molecule has 0 bridgehead atoms. The predicted molar refractivity (Wildman–Crippen MR) is 49.4 cm³/mol. The first kappa shape index (κ1) is 12.9. The second kappa shape index (κ2) is 5.56. The predicted octanol–water partition coefficient (Wildman–Crippen LogP) is -1.08. The Balaban J connectivity index is 4.05. The van der Waals surface area contributed by atoms with E-state index < -0.39 is 24.0 Å². The quantitative estimate of drug-likeness (QED) is 0.491. The second-order valence-corrected chi connectivity index (χ2v) is 3.41. The topological polar surface area (TPSA) is 116 Å². The number of carbonyl (C=O) groups excluding carboxylic acids is 1. The van der Waals surface area contributed by atoms with Crippen molar-refractivity contribution in [1.82, 2.24) is 0 Å². The Bertz CT molecular complexity index is 217. The molecule has 0 spiro atoms. The first-order chi connectivity index (χ1) is 6.36. The van der Waals surface area contributed by atoms with E-state index >= 15 is 0 Å². The van der Waals surface area contributed by atoms with E-state index in [2.05, 4.69) is 0 Å². The SMILES string of the molecule is CC(C)COC(=O)[C@@H](N)C(N)C(=O)O. The van der Waals surface area contributed by atoms with Gasteiger partial charge >= 0.3 is 11.9 Å². The number of ether oxygens (including phenoxy) is 1. The van der Waals surface area contributed by atoms with Crippen molar-refractivity contribution in [2.45, 2.75) is 25.9 Å². The Hall–Kier alpha value is -1.14. The fourth-order valence-electron chi connectivity index (χ4n) is 0.645. The molecule has 0 rings (SSSR count). The molecule has 0 aromatic carbocycles. The first-order valence-corrected chi connectivity index (χ1v) is 4.26. The van der Waals surface area contributed by atoms with Crippen LogP contribution in [-0.4, -0.2) is 35.7 Å². The van der Waals surface area contributed by atoms with Gasteiger partial charge in [-0.3, -0.25) is 9.59 Å². The molecule has 0 aromatic heterocycles. The number of carboxylic acids is 1. The number of carboxylic acid groups (broad SMARTS) is 1. The summed E-state index contributed by atoms with van der Waals surface area (Å²) in [5, 5.41) is 8.47. The summed E-state index contributed by atoms with van der Waals surface area (Å²) in [6.45, 7) is 3.92. The van der Waals surface area contributed by atoms with Gasteiger partial charge in [-0.05, 0) is 5.92 Å². The van der Waals surface area contributed by atoms with Crippen molar-refractivity contribution in [2.75, 3.05) is 6.61 Å². The highest BCUT2D eigenvalue weighted by molar-refractivity contribution is 5.85. The van der Waals surface area contributed by atoms with E-state index in [0.29, 0.717) is 0 Å². The van der Waals surface area contributed by atoms with Gasteiger partial charge in [0.15, 0.2) is 0 Å². The van der Waals surface area contributed by atoms with E-state index in [-0.39, 0.29) is 12.5 Å². The van der Waals surface area contributed by atoms with Crippen LogP contribution in [0.4, 0.5) is 0 Å². The molecule has 6 heteroatoms. The Labute approximate surface area is 82.2 Å². The van der Waals surface area contributed by atoms with Crippen molar-refractivity contribution in [3.8, 4) is 0 Å². The summed E-state index contributed by atoms with van der Waals surface area (Å²) >= 11 is 0. The van der Waals surface area contributed by atoms with Gasteiger partial charge in [-0.1, -0.05) is 13.8 Å². The van der Waals surface area contributed by atoms with E-state index in [4.69, 9.17) is 21.3 Å². The van der Waals surface area contributed by atoms with Gasteiger partial charge in [0, 0.05) is 0 Å². The molecule has 0 amide bonds. The lowest BCUT2D eigenvalue weighted by Crippen LogP contribution is -2.52. The number of hydrogen-bond acceptors (Lipinski definition) is 5. The van der Waals surface area contributed by atoms with Crippen LogP contribution in [0.2, 0.25) is 0 Å². The zero-order valence-corrected chi connectivity index (χ0v) is 8.27. The molecule has 0 heterocycles. The molecule has 0 aliphatic carbocycles. The Kier molecular flexibility index (Phi) is 5.11. The highest BCUT2D eigenvalue weighted by Crippen LogP contribution is 1.97. The minimum Gasteiger partial charge on any atom is -0.480 e. The number of nitrogens with two attached hydrogens (primary N) is 2. The van der Waals surface area contributed by atoms with E-state index in [1.807, 2.05) is 13.8 Å². The average Bonchev–Trinajstić information content (AvgIpc) is 2.11. The third-order valence-corrected chi connectivity index (χ3v) is 1.50. The summed E-state index contributed by atoms with van der Waals surface area (Å²) in [6, 6.07) is -2.74. The lowest BCUT2D eigenvalue weighted by atomic mass is 10.1. The maximum atomic E-state index is 11.1. The maximum absolute atomic E-state index is 11.1. The standard InChI is InChI=1S/C8H16N2O4/c1-4(2)3-14-8(13)6(10)5(9)7(11)12/h4-6H,3,9-10H2,1-2H3,(H,11,12)/t5?,6-/m0/s1. The molecule has 0 aliphatic rings. The monoisotopic (exact) mass is 204 g/mol. The lowest BCUT2D eigenvalue weighted by molar-refractivity contribution is -0.151. The van der Waals surface area contributed by atoms with Crippen LogP contribution in [0.25, 0.3) is 0 Å². The minimum atomic E-state index is -1.42. The molecule has 0 saturated heterocycles. The Morgan fingerprint density at radius 1 is 1.29 bits per heavy atom. The van der Waals surface area contributed by atoms with Crippen molar-refractivity contribution in [1.29, 1.82) is 0 Å². The molecule has 6 nitrogen and oxygen atoms in total. The number of esters is 1. The van der Waals surface area contributed by atoms with Crippen molar-refractivity contribution in [2.24, 2.45) is 17.4 Å². The van der Waals surface area contributed by atoms with E-state index in [1.54, 1.807) is 0 Å². The van der Waals surface area contributed by atoms with Crippen LogP contribution in [-0.2, 0) is 14.3 Å². The molecule has 2 atom stereocenters. The molecule has 0 aliphatic heterocycles. The third kappa shape index (κ3) is 4.20. The summed E-state index contributed by atoms with van der Waals surface area (Å²) < 4.78 is 4.73. The molecule has 0 fully saturated rings. The van der Waals surface area contributed by atoms with Crippen LogP contribution < -0.4 is 11.5 Å². The molecule has 1 unspecified atom stereocenters. The maximum Gasteiger partial charge on any atom is 0.325 e. The van der Waals surface area contributed by atoms with Crippen LogP contribution in [0.1, 0.15) is 13.8 Å². The van der Waals surface area contributed by atoms with E-state index in [0.717, 1.165) is 0 Å². The number of carbonyl (C=O) groups is 2. The molecule has 82 valence electrons. The molecular formula is C8H16N2O4. The summed E-state index contributed by atoms with van der Waals surface area (Å²) in [6.07, 6.45) is 0. The molecular weight excluding hydrogens is 188 g/mol. The van der Waals surface area contributed by atoms with Crippen molar-refractivity contribution >= 4 is 11.9 Å². The minimum absolute atomic E-state index is 0.173. The molecule has 5 N–H and O–H groups in total. The van der Waals surface area contributed by atoms with Gasteiger partial charge in [0.25, 0.3) is 0 Å². The molecule has 0 aromatic rings. The summed E-state index contributed by atoms with van der Waals surface area (Å²) in [5.74, 6) is -1.93.